The number of methoxy groups -OCH3 is 1. The average molecular weight is 420 g/mol. The summed E-state index contributed by atoms with van der Waals surface area (Å²) in [5.41, 5.74) is 5.52. The molecule has 7 nitrogen and oxygen atoms in total. The summed E-state index contributed by atoms with van der Waals surface area (Å²) in [5.74, 6) is 0.386. The smallest absolute Gasteiger partial charge is 0.255 e. The van der Waals surface area contributed by atoms with Gasteiger partial charge in [-0.3, -0.25) is 9.59 Å². The number of primary amides is 1. The number of ether oxygens (including phenoxy) is 2. The molecule has 152 valence electrons. The molecule has 3 N–H and O–H groups in total. The van der Waals surface area contributed by atoms with Crippen molar-refractivity contribution in [1.29, 1.82) is 0 Å². The number of piperidine rings is 1. The van der Waals surface area contributed by atoms with E-state index in [1.165, 1.54) is 13.2 Å². The molecule has 0 saturated carbocycles. The number of carbonyl (C=O) groups excluding carboxylic acids is 2. The van der Waals surface area contributed by atoms with Gasteiger partial charge >= 0.3 is 0 Å². The molecule has 0 aliphatic carbocycles. The number of hydrogen-bond acceptors (Lipinski definition) is 5. The molecule has 0 radical (unpaired) electrons. The molecule has 1 aliphatic heterocycles. The van der Waals surface area contributed by atoms with Crippen molar-refractivity contribution in [2.45, 2.75) is 19.8 Å². The first kappa shape index (κ1) is 23.3. The highest BCUT2D eigenvalue weighted by atomic mass is 35.5. The number of rotatable bonds is 8. The van der Waals surface area contributed by atoms with E-state index in [-0.39, 0.29) is 35.7 Å². The number of likely N-dealkylation sites (tertiary alicyclic amines) is 1. The van der Waals surface area contributed by atoms with Crippen LogP contribution in [0.2, 0.25) is 5.02 Å². The van der Waals surface area contributed by atoms with E-state index in [9.17, 15) is 9.59 Å². The van der Waals surface area contributed by atoms with E-state index in [0.717, 1.165) is 39.0 Å². The summed E-state index contributed by atoms with van der Waals surface area (Å²) < 4.78 is 10.5. The minimum atomic E-state index is -0.622. The van der Waals surface area contributed by atoms with Crippen molar-refractivity contribution in [3.63, 3.8) is 0 Å². The summed E-state index contributed by atoms with van der Waals surface area (Å²) in [5, 5.41) is 3.56. The molecular formula is C18H27Cl2N3O4. The maximum absolute atomic E-state index is 12.8. The molecule has 0 aromatic heterocycles. The molecule has 1 fully saturated rings. The summed E-state index contributed by atoms with van der Waals surface area (Å²) >= 11 is 6.22. The van der Waals surface area contributed by atoms with Crippen molar-refractivity contribution < 1.29 is 19.1 Å². The Morgan fingerprint density at radius 3 is 2.56 bits per heavy atom. The highest BCUT2D eigenvalue weighted by Crippen LogP contribution is 2.37. The molecule has 1 aromatic carbocycles. The molecule has 0 atom stereocenters. The van der Waals surface area contributed by atoms with Gasteiger partial charge < -0.3 is 25.4 Å². The maximum Gasteiger partial charge on any atom is 0.255 e. The molecule has 0 unspecified atom stereocenters. The lowest BCUT2D eigenvalue weighted by molar-refractivity contribution is -0.119. The van der Waals surface area contributed by atoms with E-state index in [4.69, 9.17) is 26.8 Å². The lowest BCUT2D eigenvalue weighted by Gasteiger charge is -2.32. The summed E-state index contributed by atoms with van der Waals surface area (Å²) in [4.78, 5) is 25.5. The van der Waals surface area contributed by atoms with Crippen LogP contribution < -0.4 is 20.5 Å². The minimum Gasteiger partial charge on any atom is -0.493 e. The second kappa shape index (κ2) is 11.2. The van der Waals surface area contributed by atoms with Gasteiger partial charge in [0.1, 0.15) is 0 Å². The van der Waals surface area contributed by atoms with Gasteiger partial charge in [-0.15, -0.1) is 12.4 Å². The summed E-state index contributed by atoms with van der Waals surface area (Å²) in [6.45, 7) is 5.16. The number of hydrogen-bond donors (Lipinski definition) is 2. The Balaban J connectivity index is 0.00000364. The predicted molar refractivity (Wildman–Crippen MR) is 107 cm³/mol. The number of nitrogens with zero attached hydrogens (tertiary/aromatic N) is 1. The zero-order chi connectivity index (χ0) is 19.1. The third kappa shape index (κ3) is 6.45. The average Bonchev–Trinajstić information content (AvgIpc) is 2.64. The molecule has 0 bridgehead atoms. The fraction of sp³-hybridized carbons (Fsp3) is 0.556. The van der Waals surface area contributed by atoms with Crippen LogP contribution in [0.5, 0.6) is 11.5 Å². The van der Waals surface area contributed by atoms with Gasteiger partial charge in [-0.1, -0.05) is 18.5 Å². The zero-order valence-corrected chi connectivity index (χ0v) is 17.2. The van der Waals surface area contributed by atoms with Crippen molar-refractivity contribution in [3.05, 3.63) is 22.7 Å². The van der Waals surface area contributed by atoms with Crippen LogP contribution in [0.25, 0.3) is 0 Å². The highest BCUT2D eigenvalue weighted by molar-refractivity contribution is 6.32. The van der Waals surface area contributed by atoms with E-state index in [1.54, 1.807) is 6.07 Å². The van der Waals surface area contributed by atoms with Crippen LogP contribution in [0.1, 0.15) is 30.1 Å². The van der Waals surface area contributed by atoms with E-state index in [2.05, 4.69) is 12.2 Å². The van der Waals surface area contributed by atoms with Gasteiger partial charge in [0.25, 0.3) is 11.8 Å². The number of benzene rings is 1. The Hall–Kier alpha value is -1.70. The fourth-order valence-electron chi connectivity index (χ4n) is 3.00. The van der Waals surface area contributed by atoms with Crippen LogP contribution >= 0.6 is 24.0 Å². The van der Waals surface area contributed by atoms with Gasteiger partial charge in [0, 0.05) is 18.7 Å². The van der Waals surface area contributed by atoms with Gasteiger partial charge in [-0.2, -0.15) is 0 Å². The molecule has 2 amide bonds. The first-order valence-corrected chi connectivity index (χ1v) is 9.12. The third-order valence-corrected chi connectivity index (χ3v) is 4.70. The standard InChI is InChI=1S/C18H26ClN3O4.ClH/c1-3-21-10-12-4-6-22(7-5-12)18(24)13-8-14(19)17(15(9-13)25-2)26-11-16(20)23;/h8-9,12,21H,3-7,10-11H2,1-2H3,(H2,20,23);1H. The van der Waals surface area contributed by atoms with Crippen LogP contribution in [0.3, 0.4) is 0 Å². The summed E-state index contributed by atoms with van der Waals surface area (Å²) in [6, 6.07) is 3.11. The number of amides is 2. The largest absolute Gasteiger partial charge is 0.493 e. The fourth-order valence-corrected chi connectivity index (χ4v) is 3.26. The molecule has 1 heterocycles. The number of nitrogens with one attached hydrogen (secondary N) is 1. The number of halogens is 2. The van der Waals surface area contributed by atoms with Crippen LogP contribution in [-0.4, -0.2) is 56.6 Å². The van der Waals surface area contributed by atoms with Crippen LogP contribution in [0.4, 0.5) is 0 Å². The third-order valence-electron chi connectivity index (χ3n) is 4.42. The monoisotopic (exact) mass is 419 g/mol. The Labute approximate surface area is 170 Å². The molecule has 1 aromatic rings. The summed E-state index contributed by atoms with van der Waals surface area (Å²) in [6.07, 6.45) is 1.95. The van der Waals surface area contributed by atoms with Gasteiger partial charge in [0.15, 0.2) is 18.1 Å². The molecular weight excluding hydrogens is 393 g/mol. The van der Waals surface area contributed by atoms with E-state index < -0.39 is 5.91 Å². The predicted octanol–water partition coefficient (Wildman–Crippen LogP) is 2.10. The Bertz CT molecular complexity index is 650. The lowest BCUT2D eigenvalue weighted by Crippen LogP contribution is -2.40. The van der Waals surface area contributed by atoms with Crippen LogP contribution in [0.15, 0.2) is 12.1 Å². The van der Waals surface area contributed by atoms with Crippen molar-refractivity contribution in [2.75, 3.05) is 39.9 Å². The van der Waals surface area contributed by atoms with Crippen LogP contribution in [-0.2, 0) is 4.79 Å². The van der Waals surface area contributed by atoms with Crippen molar-refractivity contribution >= 4 is 35.8 Å². The normalized spacial score (nSPS) is 14.4. The zero-order valence-electron chi connectivity index (χ0n) is 15.6. The van der Waals surface area contributed by atoms with Crippen LogP contribution in [0, 0.1) is 5.92 Å². The van der Waals surface area contributed by atoms with Gasteiger partial charge in [-0.05, 0) is 44.0 Å². The van der Waals surface area contributed by atoms with Crippen molar-refractivity contribution in [1.82, 2.24) is 10.2 Å². The van der Waals surface area contributed by atoms with Crippen molar-refractivity contribution in [2.24, 2.45) is 11.7 Å². The Morgan fingerprint density at radius 2 is 2.00 bits per heavy atom. The minimum absolute atomic E-state index is 0. The van der Waals surface area contributed by atoms with Gasteiger partial charge in [0.2, 0.25) is 0 Å². The molecule has 27 heavy (non-hydrogen) atoms. The topological polar surface area (TPSA) is 93.9 Å². The summed E-state index contributed by atoms with van der Waals surface area (Å²) in [7, 11) is 1.45. The maximum atomic E-state index is 12.8. The van der Waals surface area contributed by atoms with E-state index >= 15 is 0 Å². The van der Waals surface area contributed by atoms with Crippen molar-refractivity contribution in [3.8, 4) is 11.5 Å². The molecule has 1 aliphatic rings. The molecule has 1 saturated heterocycles. The Kier molecular flexibility index (Phi) is 9.69. The highest BCUT2D eigenvalue weighted by Gasteiger charge is 2.25. The molecule has 9 heteroatoms. The number of carbonyl (C=O) groups is 2. The van der Waals surface area contributed by atoms with E-state index in [0.29, 0.717) is 17.2 Å². The van der Waals surface area contributed by atoms with Gasteiger partial charge in [0.05, 0.1) is 12.1 Å². The SMILES string of the molecule is CCNCC1CCN(C(=O)c2cc(Cl)c(OCC(N)=O)c(OC)c2)CC1.Cl. The molecule has 2 rings (SSSR count). The first-order chi connectivity index (χ1) is 12.5. The second-order valence-electron chi connectivity index (χ2n) is 6.29. The quantitative estimate of drug-likeness (QED) is 0.672. The molecule has 0 spiro atoms. The van der Waals surface area contributed by atoms with Gasteiger partial charge in [-0.25, -0.2) is 0 Å². The first-order valence-electron chi connectivity index (χ1n) is 8.74. The Morgan fingerprint density at radius 1 is 1.33 bits per heavy atom. The second-order valence-corrected chi connectivity index (χ2v) is 6.69. The lowest BCUT2D eigenvalue weighted by atomic mass is 9.96. The number of nitrogens with two attached hydrogens (primary N) is 1. The van der Waals surface area contributed by atoms with E-state index in [1.807, 2.05) is 4.90 Å².